The number of benzene rings is 3. The van der Waals surface area contributed by atoms with E-state index in [2.05, 4.69) is 15.6 Å². The van der Waals surface area contributed by atoms with Crippen LogP contribution in [0.15, 0.2) is 66.9 Å². The summed E-state index contributed by atoms with van der Waals surface area (Å²) in [6.45, 7) is 3.95. The number of pyridine rings is 1. The summed E-state index contributed by atoms with van der Waals surface area (Å²) in [6.07, 6.45) is 4.32. The fraction of sp³-hybridized carbons (Fsp3) is 0.312. The number of carbonyl (C=O) groups is 1. The Morgan fingerprint density at radius 2 is 1.81 bits per heavy atom. The minimum Gasteiger partial charge on any atom is -0.491 e. The topological polar surface area (TPSA) is 117 Å². The molecule has 0 bridgehead atoms. The third-order valence-electron chi connectivity index (χ3n) is 6.69. The van der Waals surface area contributed by atoms with Gasteiger partial charge in [0.1, 0.15) is 5.75 Å². The zero-order chi connectivity index (χ0) is 29.7. The van der Waals surface area contributed by atoms with Gasteiger partial charge < -0.3 is 35.3 Å². The predicted octanol–water partition coefficient (Wildman–Crippen LogP) is 6.81. The van der Waals surface area contributed by atoms with Gasteiger partial charge in [0.2, 0.25) is 0 Å². The first-order chi connectivity index (χ1) is 20.3. The molecule has 0 spiro atoms. The van der Waals surface area contributed by atoms with E-state index in [1.807, 2.05) is 48.5 Å². The lowest BCUT2D eigenvalue weighted by molar-refractivity contribution is -0.134. The molecule has 5 rings (SSSR count). The fourth-order valence-corrected chi connectivity index (χ4v) is 4.43. The van der Waals surface area contributed by atoms with Crippen molar-refractivity contribution in [2.24, 2.45) is 0 Å². The number of fused-ring (bicyclic) bond motifs is 1. The number of nitrogens with one attached hydrogen (secondary N) is 2. The first kappa shape index (κ1) is 29.1. The van der Waals surface area contributed by atoms with Gasteiger partial charge in [-0.2, -0.15) is 0 Å². The van der Waals surface area contributed by atoms with Crippen molar-refractivity contribution < 1.29 is 23.7 Å². The quantitative estimate of drug-likeness (QED) is 0.115. The number of aromatic nitrogens is 1. The number of halogens is 1. The van der Waals surface area contributed by atoms with Crippen LogP contribution in [0, 0.1) is 0 Å². The van der Waals surface area contributed by atoms with E-state index in [1.165, 1.54) is 0 Å². The normalized spacial score (nSPS) is 13.0. The maximum absolute atomic E-state index is 12.7. The monoisotopic (exact) mass is 590 g/mol. The van der Waals surface area contributed by atoms with Gasteiger partial charge in [-0.3, -0.25) is 9.78 Å². The van der Waals surface area contributed by atoms with Crippen molar-refractivity contribution in [2.75, 3.05) is 30.6 Å². The molecule has 1 aliphatic rings. The summed E-state index contributed by atoms with van der Waals surface area (Å²) in [5, 5.41) is 7.23. The van der Waals surface area contributed by atoms with Crippen LogP contribution in [0.3, 0.4) is 0 Å². The van der Waals surface area contributed by atoms with E-state index in [1.54, 1.807) is 39.3 Å². The van der Waals surface area contributed by atoms with Gasteiger partial charge in [0, 0.05) is 29.1 Å². The first-order valence-corrected chi connectivity index (χ1v) is 14.4. The van der Waals surface area contributed by atoms with E-state index in [-0.39, 0.29) is 11.9 Å². The number of methoxy groups -OCH3 is 1. The van der Waals surface area contributed by atoms with Gasteiger partial charge in [-0.15, -0.1) is 11.6 Å². The third-order valence-corrected chi connectivity index (χ3v) is 6.96. The fourth-order valence-electron chi connectivity index (χ4n) is 4.32. The average molecular weight is 591 g/mol. The van der Waals surface area contributed by atoms with E-state index < -0.39 is 5.60 Å². The molecule has 0 unspecified atom stereocenters. The van der Waals surface area contributed by atoms with Crippen molar-refractivity contribution in [1.82, 2.24) is 10.3 Å². The van der Waals surface area contributed by atoms with Crippen LogP contribution in [0.4, 0.5) is 17.1 Å². The summed E-state index contributed by atoms with van der Waals surface area (Å²) in [7, 11) is 1.59. The Kier molecular flexibility index (Phi) is 8.77. The van der Waals surface area contributed by atoms with Crippen LogP contribution in [0.2, 0.25) is 0 Å². The molecule has 1 amide bonds. The van der Waals surface area contributed by atoms with E-state index in [9.17, 15) is 4.79 Å². The van der Waals surface area contributed by atoms with E-state index in [4.69, 9.17) is 36.3 Å². The summed E-state index contributed by atoms with van der Waals surface area (Å²) in [5.74, 6) is 3.00. The number of nitrogen functional groups attached to an aromatic ring is 1. The van der Waals surface area contributed by atoms with Gasteiger partial charge in [-0.25, -0.2) is 0 Å². The molecule has 0 aliphatic heterocycles. The molecule has 0 atom stereocenters. The van der Waals surface area contributed by atoms with E-state index in [0.717, 1.165) is 23.9 Å². The molecule has 1 fully saturated rings. The first-order valence-electron chi connectivity index (χ1n) is 13.9. The highest BCUT2D eigenvalue weighted by Crippen LogP contribution is 2.43. The van der Waals surface area contributed by atoms with E-state index in [0.29, 0.717) is 64.5 Å². The second-order valence-electron chi connectivity index (χ2n) is 10.6. The van der Waals surface area contributed by atoms with Crippen LogP contribution >= 0.6 is 11.6 Å². The predicted molar refractivity (Wildman–Crippen MR) is 166 cm³/mol. The number of anilines is 3. The molecule has 1 heterocycles. The summed E-state index contributed by atoms with van der Waals surface area (Å²) in [6, 6.07) is 18.7. The molecule has 3 aromatic carbocycles. The number of nitrogens with two attached hydrogens (primary N) is 1. The SMILES string of the molecule is COc1c(OCCCCl)cc2ncc(N)cc2c1Nc1ccc(Oc2ccccc2OC(C)(C)C(=O)NC2CC2)cc1. The summed E-state index contributed by atoms with van der Waals surface area (Å²) in [4.78, 5) is 17.2. The molecule has 0 saturated heterocycles. The Balaban J connectivity index is 1.36. The Labute approximate surface area is 250 Å². The molecule has 1 aromatic heterocycles. The van der Waals surface area contributed by atoms with Crippen LogP contribution in [0.1, 0.15) is 33.1 Å². The third kappa shape index (κ3) is 6.91. The molecule has 4 N–H and O–H groups in total. The van der Waals surface area contributed by atoms with Gasteiger partial charge in [-0.05, 0) is 75.6 Å². The minimum atomic E-state index is -1.06. The Bertz CT molecular complexity index is 1560. The average Bonchev–Trinajstić information content (AvgIpc) is 3.79. The van der Waals surface area contributed by atoms with Crippen molar-refractivity contribution in [1.29, 1.82) is 0 Å². The minimum absolute atomic E-state index is 0.149. The molecular formula is C32H35ClN4O5. The summed E-state index contributed by atoms with van der Waals surface area (Å²) >= 11 is 5.84. The molecule has 0 radical (unpaired) electrons. The molecule has 4 aromatic rings. The van der Waals surface area contributed by atoms with Crippen molar-refractivity contribution in [2.45, 2.75) is 44.8 Å². The van der Waals surface area contributed by atoms with Crippen LogP contribution in [0.5, 0.6) is 28.7 Å². The summed E-state index contributed by atoms with van der Waals surface area (Å²) in [5.41, 5.74) is 7.71. The Morgan fingerprint density at radius 1 is 1.07 bits per heavy atom. The van der Waals surface area contributed by atoms with Gasteiger partial charge in [0.05, 0.1) is 36.8 Å². The van der Waals surface area contributed by atoms with Crippen LogP contribution < -0.4 is 35.3 Å². The second kappa shape index (κ2) is 12.7. The number of hydrogen-bond donors (Lipinski definition) is 3. The molecular weight excluding hydrogens is 556 g/mol. The number of amides is 1. The van der Waals surface area contributed by atoms with Crippen LogP contribution in [0.25, 0.3) is 10.9 Å². The highest BCUT2D eigenvalue weighted by Gasteiger charge is 2.35. The summed E-state index contributed by atoms with van der Waals surface area (Å²) < 4.78 is 24.0. The number of hydrogen-bond acceptors (Lipinski definition) is 8. The molecule has 10 heteroatoms. The molecule has 42 heavy (non-hydrogen) atoms. The molecule has 1 aliphatic carbocycles. The number of ether oxygens (including phenoxy) is 4. The highest BCUT2D eigenvalue weighted by atomic mass is 35.5. The molecule has 9 nitrogen and oxygen atoms in total. The number of nitrogens with zero attached hydrogens (tertiary/aromatic N) is 1. The lowest BCUT2D eigenvalue weighted by atomic mass is 10.1. The number of alkyl halides is 1. The largest absolute Gasteiger partial charge is 0.491 e. The van der Waals surface area contributed by atoms with Crippen LogP contribution in [-0.2, 0) is 4.79 Å². The standard InChI is InChI=1S/C32H35ClN4O5/c1-32(2,31(38)37-22-9-10-22)42-27-8-5-4-7-26(27)41-23-13-11-21(12-14-23)36-29-24-17-20(34)19-35-25(24)18-28(30(29)39-3)40-16-6-15-33/h4-5,7-8,11-14,17-19,22,36H,6,9-10,15-16,34H2,1-3H3,(H,37,38). The maximum atomic E-state index is 12.7. The smallest absolute Gasteiger partial charge is 0.263 e. The zero-order valence-electron chi connectivity index (χ0n) is 23.9. The zero-order valence-corrected chi connectivity index (χ0v) is 24.7. The lowest BCUT2D eigenvalue weighted by Gasteiger charge is -2.26. The van der Waals surface area contributed by atoms with Crippen molar-refractivity contribution in [3.63, 3.8) is 0 Å². The number of para-hydroxylation sites is 2. The Morgan fingerprint density at radius 3 is 2.50 bits per heavy atom. The van der Waals surface area contributed by atoms with E-state index >= 15 is 0 Å². The van der Waals surface area contributed by atoms with Gasteiger partial charge in [0.15, 0.2) is 28.6 Å². The highest BCUT2D eigenvalue weighted by molar-refractivity contribution is 6.17. The number of rotatable bonds is 13. The lowest BCUT2D eigenvalue weighted by Crippen LogP contribution is -2.47. The molecule has 220 valence electrons. The van der Waals surface area contributed by atoms with Gasteiger partial charge in [0.25, 0.3) is 5.91 Å². The van der Waals surface area contributed by atoms with Crippen molar-refractivity contribution in [3.05, 3.63) is 66.9 Å². The Hall–Kier alpha value is -4.37. The van der Waals surface area contributed by atoms with Gasteiger partial charge >= 0.3 is 0 Å². The second-order valence-corrected chi connectivity index (χ2v) is 10.9. The maximum Gasteiger partial charge on any atom is 0.263 e. The number of carbonyl (C=O) groups excluding carboxylic acids is 1. The van der Waals surface area contributed by atoms with Crippen molar-refractivity contribution >= 4 is 45.5 Å². The van der Waals surface area contributed by atoms with Crippen molar-refractivity contribution in [3.8, 4) is 28.7 Å². The molecule has 1 saturated carbocycles. The van der Waals surface area contributed by atoms with Gasteiger partial charge in [-0.1, -0.05) is 12.1 Å². The van der Waals surface area contributed by atoms with Crippen LogP contribution in [-0.4, -0.2) is 42.1 Å².